The molecule has 0 fully saturated rings. The Morgan fingerprint density at radius 3 is 1.07 bits per heavy atom. The van der Waals surface area contributed by atoms with Crippen LogP contribution in [0.2, 0.25) is 0 Å². The second-order valence-corrected chi connectivity index (χ2v) is 23.7. The second-order valence-electron chi connectivity index (χ2n) is 23.7. The Morgan fingerprint density at radius 1 is 0.422 bits per heavy atom. The third kappa shape index (κ3) is 22.2. The number of rotatable bonds is 30. The van der Waals surface area contributed by atoms with Crippen molar-refractivity contribution in [1.82, 2.24) is 75.8 Å². The number of nitrogen functional groups attached to an aromatic ring is 2. The summed E-state index contributed by atoms with van der Waals surface area (Å²) in [6.07, 6.45) is 3.77. The van der Waals surface area contributed by atoms with Gasteiger partial charge in [0.25, 0.3) is 34.4 Å². The van der Waals surface area contributed by atoms with Crippen molar-refractivity contribution < 1.29 is 63.6 Å². The van der Waals surface area contributed by atoms with Gasteiger partial charge in [0, 0.05) is 70.8 Å². The molecule has 36 heteroatoms. The quantitative estimate of drug-likeness (QED) is 0.0305. The molecule has 0 spiro atoms. The van der Waals surface area contributed by atoms with Crippen LogP contribution in [0.1, 0.15) is 140 Å². The lowest BCUT2D eigenvalue weighted by Crippen LogP contribution is -2.43. The molecular formula is C66H74N20O16. The number of carboxylic acid groups (broad SMARTS) is 4. The first-order chi connectivity index (χ1) is 48.4. The van der Waals surface area contributed by atoms with Gasteiger partial charge in [0.2, 0.25) is 11.9 Å². The van der Waals surface area contributed by atoms with Crippen molar-refractivity contribution in [3.63, 3.8) is 0 Å². The van der Waals surface area contributed by atoms with Gasteiger partial charge in [-0.3, -0.25) is 57.9 Å². The van der Waals surface area contributed by atoms with Crippen LogP contribution in [-0.2, 0) is 48.4 Å². The summed E-state index contributed by atoms with van der Waals surface area (Å²) in [5.74, 6) is -6.64. The van der Waals surface area contributed by atoms with Crippen LogP contribution in [0.4, 0.5) is 29.0 Å². The highest BCUT2D eigenvalue weighted by Gasteiger charge is 2.26. The lowest BCUT2D eigenvalue weighted by atomic mass is 9.97. The van der Waals surface area contributed by atoms with E-state index in [1.807, 2.05) is 13.8 Å². The Balaban J connectivity index is 0.000000214. The van der Waals surface area contributed by atoms with E-state index in [2.05, 4.69) is 91.7 Å². The van der Waals surface area contributed by atoms with Gasteiger partial charge in [-0.1, -0.05) is 41.5 Å². The first-order valence-electron chi connectivity index (χ1n) is 31.6. The molecule has 0 saturated heterocycles. The monoisotopic (exact) mass is 1400 g/mol. The Morgan fingerprint density at radius 2 is 0.745 bits per heavy atom. The predicted molar refractivity (Wildman–Crippen MR) is 370 cm³/mol. The van der Waals surface area contributed by atoms with Crippen LogP contribution in [0.5, 0.6) is 0 Å². The number of aromatic nitrogens is 12. The average molecular weight is 1400 g/mol. The summed E-state index contributed by atoms with van der Waals surface area (Å²) >= 11 is 0. The Hall–Kier alpha value is -13.1. The fourth-order valence-corrected chi connectivity index (χ4v) is 9.28. The van der Waals surface area contributed by atoms with Crippen molar-refractivity contribution in [2.45, 2.75) is 124 Å². The molecule has 6 aromatic heterocycles. The van der Waals surface area contributed by atoms with Gasteiger partial charge >= 0.3 is 23.9 Å². The highest BCUT2D eigenvalue weighted by molar-refractivity contribution is 5.99. The molecule has 0 aliphatic heterocycles. The third-order valence-corrected chi connectivity index (χ3v) is 14.9. The Labute approximate surface area is 577 Å². The van der Waals surface area contributed by atoms with Crippen molar-refractivity contribution in [1.29, 1.82) is 0 Å². The van der Waals surface area contributed by atoms with E-state index in [-0.39, 0.29) is 150 Å². The fraction of sp³-hybridized carbons (Fsp3) is 0.318. The highest BCUT2D eigenvalue weighted by Crippen LogP contribution is 2.18. The number of aromatic amines is 3. The molecule has 3 aromatic carbocycles. The minimum absolute atomic E-state index is 0.0233. The molecule has 3 amide bonds. The number of nitrogens with zero attached hydrogens (tertiary/aromatic N) is 9. The van der Waals surface area contributed by atoms with E-state index in [0.29, 0.717) is 45.5 Å². The highest BCUT2D eigenvalue weighted by atomic mass is 16.4. The van der Waals surface area contributed by atoms with E-state index in [4.69, 9.17) is 21.7 Å². The summed E-state index contributed by atoms with van der Waals surface area (Å²) in [5.41, 5.74) is 14.9. The van der Waals surface area contributed by atoms with Crippen molar-refractivity contribution in [3.8, 4) is 0 Å². The number of H-pyrrole nitrogens is 3. The number of ketones is 2. The van der Waals surface area contributed by atoms with Crippen molar-refractivity contribution in [2.24, 2.45) is 11.8 Å². The molecule has 534 valence electrons. The molecule has 102 heavy (non-hydrogen) atoms. The zero-order valence-electron chi connectivity index (χ0n) is 55.9. The number of carboxylic acids is 4. The van der Waals surface area contributed by atoms with Crippen molar-refractivity contribution in [3.05, 3.63) is 162 Å². The van der Waals surface area contributed by atoms with E-state index < -0.39 is 70.8 Å². The summed E-state index contributed by atoms with van der Waals surface area (Å²) in [6.45, 7) is 11.5. The molecule has 17 N–H and O–H groups in total. The minimum atomic E-state index is -1.31. The molecule has 0 saturated carbocycles. The van der Waals surface area contributed by atoms with Gasteiger partial charge in [-0.05, 0) is 92.1 Å². The van der Waals surface area contributed by atoms with Crippen LogP contribution >= 0.6 is 0 Å². The van der Waals surface area contributed by atoms with Crippen LogP contribution in [0.3, 0.4) is 0 Å². The molecule has 0 aliphatic rings. The number of amides is 3. The number of benzene rings is 3. The topological polar surface area (TPSA) is 573 Å². The SMILES string of the molecule is CC(C)C(=O)C(CCC(=O)O)NC(=O)c1ccc(NCc2cnc3nc(N)[nH]c(=O)c3n2)cc1.CC(C)C(=O)CCC(NC(=O)c1ccc(NCc2cnc3nc(N)[nH]c(=O)c3n2)cc1)C(=O)O.CC(C)c1nc2ncc(CNc3ccc(C(=O)NC(CCC(=O)O)C(=O)O)cc3)nc2c(=O)[nH]1. The molecule has 36 nitrogen and oxygen atoms in total. The van der Waals surface area contributed by atoms with Gasteiger partial charge in [0.1, 0.15) is 23.7 Å². The van der Waals surface area contributed by atoms with Crippen LogP contribution in [-0.4, -0.2) is 152 Å². The van der Waals surface area contributed by atoms with Gasteiger partial charge in [-0.15, -0.1) is 0 Å². The number of nitrogens with two attached hydrogens (primary N) is 2. The Kier molecular flexibility index (Phi) is 26.5. The molecule has 9 aromatic rings. The number of anilines is 5. The lowest BCUT2D eigenvalue weighted by molar-refractivity contribution is -0.141. The van der Waals surface area contributed by atoms with E-state index in [1.54, 1.807) is 88.4 Å². The van der Waals surface area contributed by atoms with Crippen LogP contribution < -0.4 is 60.0 Å². The molecule has 0 radical (unpaired) electrons. The molecule has 0 aliphatic carbocycles. The lowest BCUT2D eigenvalue weighted by Gasteiger charge is -2.19. The van der Waals surface area contributed by atoms with Crippen LogP contribution in [0.15, 0.2) is 106 Å². The second kappa shape index (κ2) is 35.5. The molecule has 3 unspecified atom stereocenters. The maximum absolute atomic E-state index is 12.6. The first kappa shape index (κ1) is 76.3. The number of carbonyl (C=O) groups excluding carboxylic acids is 5. The van der Waals surface area contributed by atoms with Gasteiger partial charge < -0.3 is 68.8 Å². The smallest absolute Gasteiger partial charge is 0.326 e. The summed E-state index contributed by atoms with van der Waals surface area (Å²) in [7, 11) is 0. The normalized spacial score (nSPS) is 11.9. The van der Waals surface area contributed by atoms with E-state index in [0.717, 1.165) is 0 Å². The van der Waals surface area contributed by atoms with Crippen LogP contribution in [0, 0.1) is 11.8 Å². The summed E-state index contributed by atoms with van der Waals surface area (Å²) in [6, 6.07) is 15.8. The largest absolute Gasteiger partial charge is 0.481 e. The third-order valence-electron chi connectivity index (χ3n) is 14.9. The zero-order valence-corrected chi connectivity index (χ0v) is 55.9. The Bertz CT molecular complexity index is 4760. The molecule has 3 atom stereocenters. The van der Waals surface area contributed by atoms with Crippen molar-refractivity contribution >= 4 is 116 Å². The number of fused-ring (bicyclic) bond motifs is 3. The molecule has 6 heterocycles. The minimum Gasteiger partial charge on any atom is -0.481 e. The summed E-state index contributed by atoms with van der Waals surface area (Å²) in [4.78, 5) is 187. The number of carbonyl (C=O) groups is 9. The van der Waals surface area contributed by atoms with E-state index in [9.17, 15) is 67.7 Å². The number of Topliss-reactive ketones (excluding diaryl/α,β-unsaturated/α-hetero) is 2. The molecule has 0 bridgehead atoms. The number of aliphatic carboxylic acids is 4. The standard InChI is InChI=1S/2C22H25N7O5.C22H24N6O6/c1-11(2)18(32)15(7-8-16(30)31)27-20(33)12-3-5-13(6-4-12)24-9-14-10-25-19-17(26-14)21(34)29-22(23)28-19;1-11(2)16(30)8-7-15(21(33)34)27-19(31)12-3-5-13(6-4-12)24-9-14-10-25-18-17(26-14)20(32)29-22(23)28-18;1-11(2)18-27-19-17(21(32)28-18)25-14(10-24-19)9-23-13-5-3-12(4-6-13)20(31)26-15(22(33)34)7-8-16(29)30/h3-6,10-11,15,24H,7-9H2,1-2H3,(H,27,33)(H,30,31)(H3,23,25,28,29,34);3-6,10-11,15,24H,7-9H2,1-2H3,(H,27,31)(H,33,34)(H3,23,25,28,29,32);3-6,10-11,15,23H,7-9H2,1-2H3,(H,26,31)(H,29,30)(H,33,34)(H,24,27,28,32). The van der Waals surface area contributed by atoms with E-state index in [1.165, 1.54) is 30.7 Å². The summed E-state index contributed by atoms with van der Waals surface area (Å²) < 4.78 is 0. The average Bonchev–Trinajstić information content (AvgIpc) is 0.881. The van der Waals surface area contributed by atoms with Gasteiger partial charge in [-0.2, -0.15) is 9.97 Å². The number of nitrogens with one attached hydrogen (secondary N) is 9. The number of hydrogen-bond acceptors (Lipinski definition) is 26. The van der Waals surface area contributed by atoms with E-state index >= 15 is 0 Å². The molecular weight excluding hydrogens is 1330 g/mol. The zero-order chi connectivity index (χ0) is 74.5. The summed E-state index contributed by atoms with van der Waals surface area (Å²) in [5, 5.41) is 52.9. The maximum Gasteiger partial charge on any atom is 0.326 e. The van der Waals surface area contributed by atoms with Gasteiger partial charge in [-0.25, -0.2) is 44.5 Å². The molecule has 9 rings (SSSR count). The first-order valence-corrected chi connectivity index (χ1v) is 31.6. The van der Waals surface area contributed by atoms with Gasteiger partial charge in [0.05, 0.1) is 61.3 Å². The predicted octanol–water partition coefficient (Wildman–Crippen LogP) is 3.69. The number of hydrogen-bond donors (Lipinski definition) is 15. The van der Waals surface area contributed by atoms with Crippen LogP contribution in [0.25, 0.3) is 33.5 Å². The maximum atomic E-state index is 12.6. The fourth-order valence-electron chi connectivity index (χ4n) is 9.28. The van der Waals surface area contributed by atoms with Gasteiger partial charge in [0.15, 0.2) is 39.3 Å². The van der Waals surface area contributed by atoms with Crippen molar-refractivity contribution in [2.75, 3.05) is 27.4 Å².